The van der Waals surface area contributed by atoms with Gasteiger partial charge in [-0.2, -0.15) is 0 Å². The van der Waals surface area contributed by atoms with E-state index in [-0.39, 0.29) is 17.8 Å². The summed E-state index contributed by atoms with van der Waals surface area (Å²) >= 11 is 0. The first-order valence-electron chi connectivity index (χ1n) is 12.9. The lowest BCUT2D eigenvalue weighted by atomic mass is 9.65. The molecule has 0 saturated heterocycles. The number of hydrogen-bond acceptors (Lipinski definition) is 8. The molecule has 0 bridgehead atoms. The van der Waals surface area contributed by atoms with Gasteiger partial charge in [0.05, 0.1) is 39.2 Å². The highest BCUT2D eigenvalue weighted by molar-refractivity contribution is 5.90. The molecule has 5 rings (SSSR count). The van der Waals surface area contributed by atoms with E-state index in [0.29, 0.717) is 56.9 Å². The van der Waals surface area contributed by atoms with Gasteiger partial charge in [-0.3, -0.25) is 0 Å². The molecule has 0 radical (unpaired) electrons. The van der Waals surface area contributed by atoms with Gasteiger partial charge in [-0.05, 0) is 38.3 Å². The number of ether oxygens (including phenoxy) is 4. The van der Waals surface area contributed by atoms with E-state index in [1.54, 1.807) is 40.6 Å². The third-order valence-electron chi connectivity index (χ3n) is 7.72. The van der Waals surface area contributed by atoms with Crippen molar-refractivity contribution in [2.45, 2.75) is 32.1 Å². The SMILES string of the molecule is C=C(C)C1C(c2c(OC)cc(OC)c3ccc(=O)oc23)C=C(C)CC1c1c(OC)cc(OC)c2ccc(=O)oc12. The maximum Gasteiger partial charge on any atom is 0.336 e. The van der Waals surface area contributed by atoms with Gasteiger partial charge in [-0.15, -0.1) is 0 Å². The van der Waals surface area contributed by atoms with Crippen LogP contribution in [-0.4, -0.2) is 28.4 Å². The molecule has 0 spiro atoms. The van der Waals surface area contributed by atoms with Crippen molar-refractivity contribution < 1.29 is 27.8 Å². The lowest BCUT2D eigenvalue weighted by Gasteiger charge is -2.39. The highest BCUT2D eigenvalue weighted by atomic mass is 16.5. The molecule has 2 aromatic carbocycles. The average molecular weight is 545 g/mol. The Bertz CT molecular complexity index is 1770. The molecule has 2 aromatic heterocycles. The largest absolute Gasteiger partial charge is 0.496 e. The Hall–Kier alpha value is -4.46. The van der Waals surface area contributed by atoms with E-state index in [0.717, 1.165) is 16.7 Å². The van der Waals surface area contributed by atoms with Crippen LogP contribution in [0.4, 0.5) is 0 Å². The molecule has 2 heterocycles. The van der Waals surface area contributed by atoms with Crippen LogP contribution in [-0.2, 0) is 0 Å². The summed E-state index contributed by atoms with van der Waals surface area (Å²) in [6, 6.07) is 9.78. The number of fused-ring (bicyclic) bond motifs is 2. The molecule has 0 N–H and O–H groups in total. The summed E-state index contributed by atoms with van der Waals surface area (Å²) in [5.74, 6) is 1.41. The van der Waals surface area contributed by atoms with Crippen LogP contribution in [0.25, 0.3) is 21.9 Å². The molecular weight excluding hydrogens is 512 g/mol. The molecule has 4 aromatic rings. The minimum Gasteiger partial charge on any atom is -0.496 e. The van der Waals surface area contributed by atoms with Crippen LogP contribution in [0.1, 0.15) is 43.2 Å². The quantitative estimate of drug-likeness (QED) is 0.196. The number of benzene rings is 2. The molecule has 8 nitrogen and oxygen atoms in total. The summed E-state index contributed by atoms with van der Waals surface area (Å²) in [6.07, 6.45) is 2.83. The van der Waals surface area contributed by atoms with Crippen molar-refractivity contribution in [2.24, 2.45) is 5.92 Å². The van der Waals surface area contributed by atoms with E-state index in [4.69, 9.17) is 27.8 Å². The summed E-state index contributed by atoms with van der Waals surface area (Å²) in [6.45, 7) is 8.41. The summed E-state index contributed by atoms with van der Waals surface area (Å²) in [5.41, 5.74) is 3.31. The van der Waals surface area contributed by atoms with E-state index in [9.17, 15) is 9.59 Å². The lowest BCUT2D eigenvalue weighted by molar-refractivity contribution is 0.357. The van der Waals surface area contributed by atoms with Crippen molar-refractivity contribution in [1.29, 1.82) is 0 Å². The number of rotatable bonds is 7. The Morgan fingerprint density at radius 3 is 1.73 bits per heavy atom. The second-order valence-corrected chi connectivity index (χ2v) is 10.1. The Morgan fingerprint density at radius 1 is 0.775 bits per heavy atom. The predicted octanol–water partition coefficient (Wildman–Crippen LogP) is 6.34. The molecular formula is C32H32O8. The summed E-state index contributed by atoms with van der Waals surface area (Å²) < 4.78 is 34.6. The van der Waals surface area contributed by atoms with E-state index >= 15 is 0 Å². The van der Waals surface area contributed by atoms with E-state index in [2.05, 4.69) is 19.6 Å². The highest BCUT2D eigenvalue weighted by Gasteiger charge is 2.40. The van der Waals surface area contributed by atoms with Crippen molar-refractivity contribution in [3.8, 4) is 23.0 Å². The van der Waals surface area contributed by atoms with Crippen molar-refractivity contribution in [1.82, 2.24) is 0 Å². The minimum atomic E-state index is -0.478. The summed E-state index contributed by atoms with van der Waals surface area (Å²) in [4.78, 5) is 24.9. The third-order valence-corrected chi connectivity index (χ3v) is 7.72. The normalized spacial score (nSPS) is 18.9. The monoisotopic (exact) mass is 544 g/mol. The summed E-state index contributed by atoms with van der Waals surface area (Å²) in [7, 11) is 6.28. The molecule has 0 saturated carbocycles. The van der Waals surface area contributed by atoms with Crippen molar-refractivity contribution in [2.75, 3.05) is 28.4 Å². The van der Waals surface area contributed by atoms with E-state index < -0.39 is 11.3 Å². The van der Waals surface area contributed by atoms with Gasteiger partial charge in [0, 0.05) is 47.2 Å². The van der Waals surface area contributed by atoms with Crippen LogP contribution < -0.4 is 30.2 Å². The first-order chi connectivity index (χ1) is 19.2. The van der Waals surface area contributed by atoms with Gasteiger partial charge < -0.3 is 27.8 Å². The molecule has 0 aliphatic heterocycles. The first kappa shape index (κ1) is 27.1. The van der Waals surface area contributed by atoms with Gasteiger partial charge in [0.2, 0.25) is 0 Å². The van der Waals surface area contributed by atoms with Gasteiger partial charge in [0.25, 0.3) is 0 Å². The van der Waals surface area contributed by atoms with Crippen LogP contribution in [0.3, 0.4) is 0 Å². The van der Waals surface area contributed by atoms with Crippen molar-refractivity contribution in [3.05, 3.63) is 92.2 Å². The third kappa shape index (κ3) is 4.43. The van der Waals surface area contributed by atoms with E-state index in [1.807, 2.05) is 19.1 Å². The topological polar surface area (TPSA) is 97.3 Å². The Morgan fingerprint density at radius 2 is 1.25 bits per heavy atom. The molecule has 40 heavy (non-hydrogen) atoms. The predicted molar refractivity (Wildman–Crippen MR) is 153 cm³/mol. The number of allylic oxidation sites excluding steroid dienone is 3. The molecule has 1 aliphatic carbocycles. The zero-order valence-electron chi connectivity index (χ0n) is 23.5. The number of methoxy groups -OCH3 is 4. The van der Waals surface area contributed by atoms with Crippen LogP contribution >= 0.6 is 0 Å². The second kappa shape index (κ2) is 10.6. The van der Waals surface area contributed by atoms with Crippen LogP contribution in [0.15, 0.2) is 78.6 Å². The molecule has 1 aliphatic rings. The Kier molecular flexibility index (Phi) is 7.19. The molecule has 0 amide bonds. The molecule has 0 fully saturated rings. The van der Waals surface area contributed by atoms with Crippen molar-refractivity contribution in [3.63, 3.8) is 0 Å². The van der Waals surface area contributed by atoms with E-state index in [1.165, 1.54) is 12.1 Å². The second-order valence-electron chi connectivity index (χ2n) is 10.1. The Labute approximate surface area is 231 Å². The van der Waals surface area contributed by atoms with Crippen molar-refractivity contribution >= 4 is 21.9 Å². The standard InChI is InChI=1S/C32H32O8/c1-16(2)28-20(29-24(37-6)14-22(35-4)18-8-10-26(33)39-31(18)29)12-17(3)13-21(28)30-25(38-7)15-23(36-5)19-9-11-27(34)40-32(19)30/h8-12,14-15,20-21,28H,1,13H2,2-7H3. The van der Waals surface area contributed by atoms with Crippen LogP contribution in [0, 0.1) is 5.92 Å². The fourth-order valence-corrected chi connectivity index (χ4v) is 6.13. The molecule has 208 valence electrons. The van der Waals surface area contributed by atoms with Crippen LogP contribution in [0.2, 0.25) is 0 Å². The molecule has 8 heteroatoms. The lowest BCUT2D eigenvalue weighted by Crippen LogP contribution is -2.26. The van der Waals surface area contributed by atoms with Gasteiger partial charge in [-0.1, -0.05) is 23.8 Å². The summed E-state index contributed by atoms with van der Waals surface area (Å²) in [5, 5.41) is 1.32. The first-order valence-corrected chi connectivity index (χ1v) is 12.9. The average Bonchev–Trinajstić information content (AvgIpc) is 2.94. The molecule has 3 unspecified atom stereocenters. The zero-order valence-corrected chi connectivity index (χ0v) is 23.5. The number of hydrogen-bond donors (Lipinski definition) is 0. The Balaban J connectivity index is 1.84. The fourth-order valence-electron chi connectivity index (χ4n) is 6.13. The molecule has 3 atom stereocenters. The maximum absolute atomic E-state index is 12.5. The van der Waals surface area contributed by atoms with Gasteiger partial charge in [0.15, 0.2) is 0 Å². The zero-order chi connectivity index (χ0) is 28.7. The maximum atomic E-state index is 12.5. The van der Waals surface area contributed by atoms with Gasteiger partial charge >= 0.3 is 11.3 Å². The van der Waals surface area contributed by atoms with Gasteiger partial charge in [-0.25, -0.2) is 9.59 Å². The van der Waals surface area contributed by atoms with Gasteiger partial charge in [0.1, 0.15) is 34.2 Å². The minimum absolute atomic E-state index is 0.210. The highest BCUT2D eigenvalue weighted by Crippen LogP contribution is 2.55. The van der Waals surface area contributed by atoms with Crippen LogP contribution in [0.5, 0.6) is 23.0 Å². The smallest absolute Gasteiger partial charge is 0.336 e. The fraction of sp³-hybridized carbons (Fsp3) is 0.312.